The van der Waals surface area contributed by atoms with Gasteiger partial charge in [0, 0.05) is 29.4 Å². The molecule has 1 atom stereocenters. The Labute approximate surface area is 147 Å². The van der Waals surface area contributed by atoms with Gasteiger partial charge in [-0.05, 0) is 16.7 Å². The average Bonchev–Trinajstić information content (AvgIpc) is 2.68. The molecule has 1 aliphatic rings. The second kappa shape index (κ2) is 6.48. The molecule has 3 aromatic rings. The molecule has 0 aliphatic heterocycles. The molecule has 122 valence electrons. The van der Waals surface area contributed by atoms with Crippen LogP contribution in [0.1, 0.15) is 50.9 Å². The summed E-state index contributed by atoms with van der Waals surface area (Å²) in [6.45, 7) is 0. The molecule has 0 aromatic heterocycles. The minimum atomic E-state index is -0.00213. The van der Waals surface area contributed by atoms with Gasteiger partial charge in [0.05, 0.1) is 0 Å². The third-order valence-corrected chi connectivity index (χ3v) is 5.06. The molecule has 1 aliphatic carbocycles. The van der Waals surface area contributed by atoms with Gasteiger partial charge < -0.3 is 4.79 Å². The summed E-state index contributed by atoms with van der Waals surface area (Å²) in [6, 6.07) is 25.7. The summed E-state index contributed by atoms with van der Waals surface area (Å²) in [5.74, 6) is 0.0761. The molecule has 0 N–H and O–H groups in total. The standard InChI is InChI=1S/C23H18O2/c24-15-14-17(16-8-2-1-3-9-16)22-18-10-4-6-12-20(18)23(25)21-13-7-5-11-19(21)22/h1-13,15,17,22H,14H2/t17-/m0/s1. The fourth-order valence-electron chi connectivity index (χ4n) is 3.96. The molecule has 3 aromatic carbocycles. The number of ketones is 1. The molecular weight excluding hydrogens is 308 g/mol. The van der Waals surface area contributed by atoms with E-state index in [9.17, 15) is 9.59 Å². The lowest BCUT2D eigenvalue weighted by Crippen LogP contribution is -2.24. The molecule has 0 heterocycles. The monoisotopic (exact) mass is 326 g/mol. The Balaban J connectivity index is 1.95. The van der Waals surface area contributed by atoms with E-state index in [0.29, 0.717) is 6.42 Å². The van der Waals surface area contributed by atoms with E-state index < -0.39 is 0 Å². The van der Waals surface area contributed by atoms with E-state index in [4.69, 9.17) is 0 Å². The molecular formula is C23H18O2. The molecule has 0 amide bonds. The van der Waals surface area contributed by atoms with Gasteiger partial charge in [0.25, 0.3) is 0 Å². The molecule has 0 saturated carbocycles. The highest BCUT2D eigenvalue weighted by molar-refractivity contribution is 6.12. The molecule has 4 rings (SSSR count). The van der Waals surface area contributed by atoms with Crippen molar-refractivity contribution in [3.8, 4) is 0 Å². The first-order chi connectivity index (χ1) is 12.3. The second-order valence-corrected chi connectivity index (χ2v) is 6.40. The number of aldehydes is 1. The van der Waals surface area contributed by atoms with Crippen molar-refractivity contribution in [1.29, 1.82) is 0 Å². The summed E-state index contributed by atoms with van der Waals surface area (Å²) in [4.78, 5) is 24.4. The molecule has 2 heteroatoms. The van der Waals surface area contributed by atoms with Crippen LogP contribution < -0.4 is 0 Å². The van der Waals surface area contributed by atoms with Crippen molar-refractivity contribution in [2.75, 3.05) is 0 Å². The van der Waals surface area contributed by atoms with Crippen LogP contribution >= 0.6 is 0 Å². The van der Waals surface area contributed by atoms with Crippen molar-refractivity contribution in [3.63, 3.8) is 0 Å². The predicted octanol–water partition coefficient (Wildman–Crippen LogP) is 4.74. The third kappa shape index (κ3) is 2.60. The van der Waals surface area contributed by atoms with E-state index in [1.807, 2.05) is 66.7 Å². The molecule has 0 fully saturated rings. The lowest BCUT2D eigenvalue weighted by atomic mass is 9.69. The van der Waals surface area contributed by atoms with Crippen LogP contribution in [0.4, 0.5) is 0 Å². The quantitative estimate of drug-likeness (QED) is 0.649. The zero-order valence-electron chi connectivity index (χ0n) is 13.8. The SMILES string of the molecule is O=CC[C@@H](c1ccccc1)C1c2ccccc2C(=O)c2ccccc21. The van der Waals surface area contributed by atoms with Crippen LogP contribution in [0.15, 0.2) is 78.9 Å². The van der Waals surface area contributed by atoms with E-state index in [-0.39, 0.29) is 17.6 Å². The van der Waals surface area contributed by atoms with Gasteiger partial charge >= 0.3 is 0 Å². The predicted molar refractivity (Wildman–Crippen MR) is 98.0 cm³/mol. The molecule has 0 saturated heterocycles. The van der Waals surface area contributed by atoms with Crippen molar-refractivity contribution in [2.24, 2.45) is 0 Å². The van der Waals surface area contributed by atoms with E-state index in [1.165, 1.54) is 0 Å². The van der Waals surface area contributed by atoms with Crippen molar-refractivity contribution >= 4 is 12.1 Å². The van der Waals surface area contributed by atoms with Gasteiger partial charge in [-0.1, -0.05) is 78.9 Å². The van der Waals surface area contributed by atoms with Crippen LogP contribution in [-0.4, -0.2) is 12.1 Å². The maximum Gasteiger partial charge on any atom is 0.193 e. The number of carbonyl (C=O) groups excluding carboxylic acids is 2. The Bertz CT molecular complexity index is 878. The van der Waals surface area contributed by atoms with E-state index in [0.717, 1.165) is 34.1 Å². The van der Waals surface area contributed by atoms with Gasteiger partial charge in [0.2, 0.25) is 0 Å². The Kier molecular flexibility index (Phi) is 4.02. The Hall–Kier alpha value is -3.00. The third-order valence-electron chi connectivity index (χ3n) is 5.06. The van der Waals surface area contributed by atoms with Crippen LogP contribution in [0.2, 0.25) is 0 Å². The summed E-state index contributed by atoms with van der Waals surface area (Å²) in [7, 11) is 0. The summed E-state index contributed by atoms with van der Waals surface area (Å²) >= 11 is 0. The highest BCUT2D eigenvalue weighted by atomic mass is 16.1. The zero-order chi connectivity index (χ0) is 17.2. The van der Waals surface area contributed by atoms with Gasteiger partial charge in [-0.15, -0.1) is 0 Å². The number of carbonyl (C=O) groups is 2. The van der Waals surface area contributed by atoms with Gasteiger partial charge in [-0.2, -0.15) is 0 Å². The van der Waals surface area contributed by atoms with Crippen LogP contribution in [0.25, 0.3) is 0 Å². The highest BCUT2D eigenvalue weighted by Crippen LogP contribution is 2.45. The normalized spacial score (nSPS) is 14.5. The number of hydrogen-bond acceptors (Lipinski definition) is 2. The van der Waals surface area contributed by atoms with Crippen LogP contribution in [-0.2, 0) is 4.79 Å². The topological polar surface area (TPSA) is 34.1 Å². The van der Waals surface area contributed by atoms with E-state index in [1.54, 1.807) is 0 Å². The van der Waals surface area contributed by atoms with Gasteiger partial charge in [-0.25, -0.2) is 0 Å². The minimum absolute atomic E-state index is 0.00213. The molecule has 0 bridgehead atoms. The fourth-order valence-corrected chi connectivity index (χ4v) is 3.96. The Morgan fingerprint density at radius 2 is 1.28 bits per heavy atom. The zero-order valence-corrected chi connectivity index (χ0v) is 13.8. The fraction of sp³-hybridized carbons (Fsp3) is 0.130. The van der Waals surface area contributed by atoms with E-state index >= 15 is 0 Å². The first-order valence-electron chi connectivity index (χ1n) is 8.52. The first-order valence-corrected chi connectivity index (χ1v) is 8.52. The molecule has 2 nitrogen and oxygen atoms in total. The largest absolute Gasteiger partial charge is 0.303 e. The highest BCUT2D eigenvalue weighted by Gasteiger charge is 2.35. The molecule has 0 spiro atoms. The van der Waals surface area contributed by atoms with Crippen LogP contribution in [0.5, 0.6) is 0 Å². The first kappa shape index (κ1) is 15.5. The lowest BCUT2D eigenvalue weighted by Gasteiger charge is -2.33. The van der Waals surface area contributed by atoms with Gasteiger partial charge in [0.1, 0.15) is 6.29 Å². The Morgan fingerprint density at radius 1 is 0.760 bits per heavy atom. The summed E-state index contributed by atoms with van der Waals surface area (Å²) in [6.07, 6.45) is 1.41. The van der Waals surface area contributed by atoms with Crippen molar-refractivity contribution in [3.05, 3.63) is 107 Å². The lowest BCUT2D eigenvalue weighted by molar-refractivity contribution is -0.108. The maximum atomic E-state index is 12.9. The van der Waals surface area contributed by atoms with Crippen molar-refractivity contribution in [1.82, 2.24) is 0 Å². The number of fused-ring (bicyclic) bond motifs is 2. The average molecular weight is 326 g/mol. The summed E-state index contributed by atoms with van der Waals surface area (Å²) < 4.78 is 0. The summed E-state index contributed by atoms with van der Waals surface area (Å²) in [5.41, 5.74) is 4.65. The number of hydrogen-bond donors (Lipinski definition) is 0. The van der Waals surface area contributed by atoms with E-state index in [2.05, 4.69) is 12.1 Å². The van der Waals surface area contributed by atoms with Gasteiger partial charge in [0.15, 0.2) is 5.78 Å². The number of benzene rings is 3. The van der Waals surface area contributed by atoms with Crippen molar-refractivity contribution < 1.29 is 9.59 Å². The van der Waals surface area contributed by atoms with Gasteiger partial charge in [-0.3, -0.25) is 4.79 Å². The molecule has 0 unspecified atom stereocenters. The van der Waals surface area contributed by atoms with Crippen LogP contribution in [0.3, 0.4) is 0 Å². The molecule has 25 heavy (non-hydrogen) atoms. The Morgan fingerprint density at radius 3 is 1.84 bits per heavy atom. The van der Waals surface area contributed by atoms with Crippen molar-refractivity contribution in [2.45, 2.75) is 18.3 Å². The van der Waals surface area contributed by atoms with Crippen LogP contribution in [0, 0.1) is 0 Å². The minimum Gasteiger partial charge on any atom is -0.303 e. The molecule has 0 radical (unpaired) electrons. The maximum absolute atomic E-state index is 12.9. The summed E-state index contributed by atoms with van der Waals surface area (Å²) in [5, 5.41) is 0. The second-order valence-electron chi connectivity index (χ2n) is 6.40. The number of rotatable bonds is 4. The smallest absolute Gasteiger partial charge is 0.193 e.